The van der Waals surface area contributed by atoms with Gasteiger partial charge in [0.05, 0.1) is 0 Å². The van der Waals surface area contributed by atoms with Crippen LogP contribution in [0.5, 0.6) is 0 Å². The maximum absolute atomic E-state index is 5.94. The summed E-state index contributed by atoms with van der Waals surface area (Å²) in [5.74, 6) is 7.84. The predicted octanol–water partition coefficient (Wildman–Crippen LogP) is 8.30. The molecule has 1 saturated carbocycles. The molecule has 3 aromatic rings. The van der Waals surface area contributed by atoms with E-state index in [2.05, 4.69) is 67.0 Å². The second kappa shape index (κ2) is 10.5. The molecule has 0 saturated heterocycles. The first-order valence-electron chi connectivity index (χ1n) is 11.3. The van der Waals surface area contributed by atoms with Gasteiger partial charge < -0.3 is 0 Å². The quantitative estimate of drug-likeness (QED) is 0.285. The number of hydrogen-bond donors (Lipinski definition) is 0. The Morgan fingerprint density at radius 2 is 1.16 bits per heavy atom. The van der Waals surface area contributed by atoms with Crippen molar-refractivity contribution in [3.63, 3.8) is 0 Å². The van der Waals surface area contributed by atoms with Crippen LogP contribution in [-0.4, -0.2) is 0 Å². The highest BCUT2D eigenvalue weighted by molar-refractivity contribution is 6.30. The minimum absolute atomic E-state index is 0.668. The largest absolute Gasteiger partial charge is 0.103 e. The smallest absolute Gasteiger partial charge is 0.0406 e. The highest BCUT2D eigenvalue weighted by atomic mass is 35.5. The molecular formula is C30H29Cl. The van der Waals surface area contributed by atoms with Gasteiger partial charge in [-0.3, -0.25) is 0 Å². The van der Waals surface area contributed by atoms with Gasteiger partial charge in [-0.1, -0.05) is 65.9 Å². The second-order valence-corrected chi connectivity index (χ2v) is 8.93. The minimum Gasteiger partial charge on any atom is -0.103 e. The first-order valence-corrected chi connectivity index (χ1v) is 11.7. The highest BCUT2D eigenvalue weighted by Crippen LogP contribution is 2.40. The van der Waals surface area contributed by atoms with Gasteiger partial charge in [-0.15, -0.1) is 6.58 Å². The summed E-state index contributed by atoms with van der Waals surface area (Å²) in [5.41, 5.74) is 6.42. The van der Waals surface area contributed by atoms with Crippen LogP contribution in [0.3, 0.4) is 0 Å². The number of benzene rings is 3. The summed E-state index contributed by atoms with van der Waals surface area (Å²) in [6.07, 6.45) is 9.21. The van der Waals surface area contributed by atoms with Gasteiger partial charge >= 0.3 is 0 Å². The van der Waals surface area contributed by atoms with Gasteiger partial charge in [-0.05, 0) is 103 Å². The Kier molecular flexibility index (Phi) is 7.29. The van der Waals surface area contributed by atoms with E-state index in [0.29, 0.717) is 11.8 Å². The Balaban J connectivity index is 1.32. The fourth-order valence-corrected chi connectivity index (χ4v) is 4.63. The van der Waals surface area contributed by atoms with Crippen molar-refractivity contribution in [2.45, 2.75) is 50.4 Å². The summed E-state index contributed by atoms with van der Waals surface area (Å²) in [6, 6.07) is 25.8. The van der Waals surface area contributed by atoms with Crippen LogP contribution in [-0.2, 0) is 6.42 Å². The molecule has 4 rings (SSSR count). The van der Waals surface area contributed by atoms with Crippen molar-refractivity contribution in [3.05, 3.63) is 118 Å². The molecule has 0 aliphatic heterocycles. The van der Waals surface area contributed by atoms with E-state index in [9.17, 15) is 0 Å². The minimum atomic E-state index is 0.668. The van der Waals surface area contributed by atoms with Gasteiger partial charge in [0.25, 0.3) is 0 Å². The van der Waals surface area contributed by atoms with E-state index < -0.39 is 0 Å². The monoisotopic (exact) mass is 424 g/mol. The lowest BCUT2D eigenvalue weighted by molar-refractivity contribution is 0.396. The molecule has 1 fully saturated rings. The fraction of sp³-hybridized carbons (Fsp3) is 0.267. The van der Waals surface area contributed by atoms with Crippen molar-refractivity contribution in [1.29, 1.82) is 0 Å². The van der Waals surface area contributed by atoms with Gasteiger partial charge in [0.2, 0.25) is 0 Å². The van der Waals surface area contributed by atoms with E-state index in [-0.39, 0.29) is 0 Å². The molecule has 0 atom stereocenters. The van der Waals surface area contributed by atoms with Gasteiger partial charge in [0, 0.05) is 16.1 Å². The molecule has 0 unspecified atom stereocenters. The third-order valence-corrected chi connectivity index (χ3v) is 6.64. The lowest BCUT2D eigenvalue weighted by Gasteiger charge is -2.29. The average molecular weight is 425 g/mol. The van der Waals surface area contributed by atoms with Crippen LogP contribution in [0.25, 0.3) is 0 Å². The average Bonchev–Trinajstić information content (AvgIpc) is 2.83. The van der Waals surface area contributed by atoms with E-state index in [4.69, 9.17) is 11.6 Å². The molecule has 1 aliphatic rings. The maximum Gasteiger partial charge on any atom is 0.0406 e. The van der Waals surface area contributed by atoms with E-state index in [1.54, 1.807) is 0 Å². The molecule has 1 aliphatic carbocycles. The Morgan fingerprint density at radius 1 is 0.710 bits per heavy atom. The normalized spacial score (nSPS) is 18.1. The van der Waals surface area contributed by atoms with Crippen LogP contribution in [0.15, 0.2) is 85.5 Å². The van der Waals surface area contributed by atoms with Crippen molar-refractivity contribution < 1.29 is 0 Å². The molecule has 0 radical (unpaired) electrons. The standard InChI is InChI=1S/C30H29Cl/c1-2-3-4-23-7-13-26(14-8-23)28-17-19-29(20-18-28)27-15-9-24(10-16-27)5-6-25-11-21-30(31)22-12-25/h2,7-16,21-22,28-29H,1,3-4,17-20H2/t28-,29-. The van der Waals surface area contributed by atoms with Gasteiger partial charge in [-0.2, -0.15) is 0 Å². The maximum atomic E-state index is 5.94. The number of aryl methyl sites for hydroxylation is 1. The van der Waals surface area contributed by atoms with Gasteiger partial charge in [0.15, 0.2) is 0 Å². The molecule has 0 nitrogen and oxygen atoms in total. The Labute approximate surface area is 192 Å². The Hall–Kier alpha value is -2.75. The molecule has 3 aromatic carbocycles. The third-order valence-electron chi connectivity index (χ3n) is 6.39. The Bertz CT molecular complexity index is 1040. The number of rotatable bonds is 5. The van der Waals surface area contributed by atoms with Crippen molar-refractivity contribution in [1.82, 2.24) is 0 Å². The summed E-state index contributed by atoms with van der Waals surface area (Å²) in [4.78, 5) is 0. The van der Waals surface area contributed by atoms with Gasteiger partial charge in [0.1, 0.15) is 0 Å². The molecule has 0 aromatic heterocycles. The topological polar surface area (TPSA) is 0 Å². The zero-order chi connectivity index (χ0) is 21.5. The summed E-state index contributed by atoms with van der Waals surface area (Å²) >= 11 is 5.94. The number of halogens is 1. The number of allylic oxidation sites excluding steroid dienone is 1. The highest BCUT2D eigenvalue weighted by Gasteiger charge is 2.23. The summed E-state index contributed by atoms with van der Waals surface area (Å²) < 4.78 is 0. The van der Waals surface area contributed by atoms with Gasteiger partial charge in [-0.25, -0.2) is 0 Å². The lowest BCUT2D eigenvalue weighted by Crippen LogP contribution is -2.12. The van der Waals surface area contributed by atoms with Crippen LogP contribution < -0.4 is 0 Å². The van der Waals surface area contributed by atoms with Crippen molar-refractivity contribution in [3.8, 4) is 11.8 Å². The third kappa shape index (κ3) is 5.90. The molecule has 0 spiro atoms. The molecule has 0 amide bonds. The summed E-state index contributed by atoms with van der Waals surface area (Å²) in [5, 5.41) is 0.741. The predicted molar refractivity (Wildman–Crippen MR) is 133 cm³/mol. The van der Waals surface area contributed by atoms with E-state index in [1.165, 1.54) is 42.4 Å². The lowest BCUT2D eigenvalue weighted by atomic mass is 9.76. The SMILES string of the molecule is C=CCCc1ccc([C@H]2CC[C@H](c3ccc(C#Cc4ccc(Cl)cc4)cc3)CC2)cc1. The molecule has 156 valence electrons. The molecule has 31 heavy (non-hydrogen) atoms. The van der Waals surface area contributed by atoms with Crippen LogP contribution in [0.1, 0.15) is 71.8 Å². The van der Waals surface area contributed by atoms with Crippen molar-refractivity contribution in [2.24, 2.45) is 0 Å². The van der Waals surface area contributed by atoms with Crippen LogP contribution in [0.4, 0.5) is 0 Å². The van der Waals surface area contributed by atoms with E-state index in [0.717, 1.165) is 29.0 Å². The second-order valence-electron chi connectivity index (χ2n) is 8.50. The molecule has 0 bridgehead atoms. The van der Waals surface area contributed by atoms with Crippen LogP contribution >= 0.6 is 11.6 Å². The fourth-order valence-electron chi connectivity index (χ4n) is 4.50. The number of hydrogen-bond acceptors (Lipinski definition) is 0. The summed E-state index contributed by atoms with van der Waals surface area (Å²) in [7, 11) is 0. The van der Waals surface area contributed by atoms with Crippen LogP contribution in [0.2, 0.25) is 5.02 Å². The van der Waals surface area contributed by atoms with Crippen molar-refractivity contribution in [2.75, 3.05) is 0 Å². The van der Waals surface area contributed by atoms with Crippen molar-refractivity contribution >= 4 is 11.6 Å². The first kappa shape index (κ1) is 21.5. The van der Waals surface area contributed by atoms with E-state index in [1.807, 2.05) is 30.3 Å². The van der Waals surface area contributed by atoms with E-state index >= 15 is 0 Å². The molecule has 1 heteroatoms. The Morgan fingerprint density at radius 3 is 1.65 bits per heavy atom. The first-order chi connectivity index (χ1) is 15.2. The molecular weight excluding hydrogens is 396 g/mol. The summed E-state index contributed by atoms with van der Waals surface area (Å²) in [6.45, 7) is 3.82. The molecule has 0 N–H and O–H groups in total. The molecule has 0 heterocycles. The zero-order valence-electron chi connectivity index (χ0n) is 18.0. The van der Waals surface area contributed by atoms with Crippen LogP contribution in [0, 0.1) is 11.8 Å². The zero-order valence-corrected chi connectivity index (χ0v) is 18.7.